The van der Waals surface area contributed by atoms with Crippen molar-refractivity contribution in [2.75, 3.05) is 31.8 Å². The summed E-state index contributed by atoms with van der Waals surface area (Å²) < 4.78 is 17.1. The number of anilines is 1. The molecule has 37 heavy (non-hydrogen) atoms. The number of alkyl halides is 1. The van der Waals surface area contributed by atoms with Gasteiger partial charge in [-0.1, -0.05) is 35.9 Å². The van der Waals surface area contributed by atoms with Crippen LogP contribution in [-0.2, 0) is 23.9 Å². The number of carbonyl (C=O) groups is 3. The van der Waals surface area contributed by atoms with Gasteiger partial charge in [-0.25, -0.2) is 0 Å². The predicted molar refractivity (Wildman–Crippen MR) is 140 cm³/mol. The molecule has 0 saturated carbocycles. The number of likely N-dealkylation sites (tertiary alicyclic amines) is 1. The van der Waals surface area contributed by atoms with Crippen LogP contribution in [0.1, 0.15) is 27.2 Å². The number of ether oxygens (including phenoxy) is 3. The Hall–Kier alpha value is -2.43. The fourth-order valence-corrected chi connectivity index (χ4v) is 7.14. The van der Waals surface area contributed by atoms with E-state index in [1.165, 1.54) is 4.90 Å². The molecule has 4 rings (SSSR count). The van der Waals surface area contributed by atoms with Crippen LogP contribution in [0.5, 0.6) is 5.75 Å². The minimum Gasteiger partial charge on any atom is -0.497 e. The molecule has 3 saturated heterocycles. The Balaban J connectivity index is 1.84. The number of hydrogen-bond donors (Lipinski definition) is 1. The minimum absolute atomic E-state index is 0.147. The molecule has 3 aliphatic rings. The van der Waals surface area contributed by atoms with Gasteiger partial charge in [-0.2, -0.15) is 0 Å². The first-order valence-corrected chi connectivity index (χ1v) is 13.6. The summed E-state index contributed by atoms with van der Waals surface area (Å²) in [6, 6.07) is 5.36. The van der Waals surface area contributed by atoms with E-state index in [-0.39, 0.29) is 42.3 Å². The maximum atomic E-state index is 14.5. The second-order valence-corrected chi connectivity index (χ2v) is 11.3. The number of carbonyl (C=O) groups excluding carboxylic acids is 3. The maximum absolute atomic E-state index is 14.5. The first kappa shape index (κ1) is 27.6. The van der Waals surface area contributed by atoms with Gasteiger partial charge in [-0.15, -0.1) is 6.58 Å². The topological polar surface area (TPSA) is 106 Å². The van der Waals surface area contributed by atoms with Crippen LogP contribution < -0.4 is 9.64 Å². The fraction of sp³-hybridized carbons (Fsp3) is 0.593. The van der Waals surface area contributed by atoms with Crippen molar-refractivity contribution < 1.29 is 33.7 Å². The number of aliphatic hydroxyl groups is 1. The molecule has 1 N–H and O–H groups in total. The van der Waals surface area contributed by atoms with E-state index < -0.39 is 41.6 Å². The Labute approximate surface area is 225 Å². The summed E-state index contributed by atoms with van der Waals surface area (Å²) in [6.07, 6.45) is 1.40. The lowest BCUT2D eigenvalue weighted by Crippen LogP contribution is -2.60. The fourth-order valence-electron chi connectivity index (χ4n) is 6.19. The Morgan fingerprint density at radius 2 is 2.03 bits per heavy atom. The molecule has 3 unspecified atom stereocenters. The lowest BCUT2D eigenvalue weighted by molar-refractivity contribution is -0.155. The van der Waals surface area contributed by atoms with Crippen LogP contribution in [0.4, 0.5) is 5.69 Å². The van der Waals surface area contributed by atoms with Gasteiger partial charge in [0.25, 0.3) is 5.91 Å². The number of aliphatic hydroxyl groups excluding tert-OH is 1. The molecule has 202 valence electrons. The van der Waals surface area contributed by atoms with Gasteiger partial charge < -0.3 is 29.1 Å². The molecule has 3 fully saturated rings. The van der Waals surface area contributed by atoms with Crippen LogP contribution >= 0.6 is 15.9 Å². The normalized spacial score (nSPS) is 30.8. The van der Waals surface area contributed by atoms with E-state index in [0.717, 1.165) is 0 Å². The number of halogens is 1. The molecule has 0 aromatic heterocycles. The number of nitrogens with zero attached hydrogens (tertiary/aromatic N) is 2. The number of hydrogen-bond acceptors (Lipinski definition) is 7. The van der Waals surface area contributed by atoms with Gasteiger partial charge in [0.2, 0.25) is 5.91 Å². The second kappa shape index (κ2) is 10.7. The Bertz CT molecular complexity index is 1050. The van der Waals surface area contributed by atoms with Crippen molar-refractivity contribution in [3.8, 4) is 5.75 Å². The molecule has 2 amide bonds. The molecule has 1 spiro atoms. The van der Waals surface area contributed by atoms with E-state index in [1.54, 1.807) is 49.3 Å². The van der Waals surface area contributed by atoms with E-state index in [2.05, 4.69) is 22.5 Å². The molecule has 3 heterocycles. The molecule has 2 bridgehead atoms. The average molecular weight is 579 g/mol. The smallest absolute Gasteiger partial charge is 0.312 e. The highest BCUT2D eigenvalue weighted by atomic mass is 79.9. The quantitative estimate of drug-likeness (QED) is 0.258. The van der Waals surface area contributed by atoms with E-state index in [4.69, 9.17) is 14.2 Å². The van der Waals surface area contributed by atoms with Gasteiger partial charge in [0.15, 0.2) is 0 Å². The summed E-state index contributed by atoms with van der Waals surface area (Å²) in [7, 11) is 1.56. The lowest BCUT2D eigenvalue weighted by Gasteiger charge is -2.40. The van der Waals surface area contributed by atoms with Crippen molar-refractivity contribution in [2.45, 2.75) is 55.8 Å². The van der Waals surface area contributed by atoms with Crippen LogP contribution in [0.15, 0.2) is 36.9 Å². The summed E-state index contributed by atoms with van der Waals surface area (Å²) >= 11 is 3.65. The molecule has 7 atom stereocenters. The number of fused-ring (bicyclic) bond motifs is 1. The minimum atomic E-state index is -1.24. The number of benzene rings is 1. The monoisotopic (exact) mass is 578 g/mol. The highest BCUT2D eigenvalue weighted by molar-refractivity contribution is 9.09. The molecule has 3 aliphatic heterocycles. The number of esters is 1. The molecule has 1 aromatic rings. The second-order valence-electron chi connectivity index (χ2n) is 10.1. The average Bonchev–Trinajstić information content (AvgIpc) is 3.46. The van der Waals surface area contributed by atoms with Crippen molar-refractivity contribution in [2.24, 2.45) is 17.8 Å². The molecular weight excluding hydrogens is 544 g/mol. The van der Waals surface area contributed by atoms with Gasteiger partial charge >= 0.3 is 5.97 Å². The molecule has 0 aliphatic carbocycles. The summed E-state index contributed by atoms with van der Waals surface area (Å²) in [4.78, 5) is 44.5. The van der Waals surface area contributed by atoms with Crippen LogP contribution in [-0.4, -0.2) is 83.3 Å². The summed E-state index contributed by atoms with van der Waals surface area (Å²) in [5.74, 6) is -2.45. The van der Waals surface area contributed by atoms with Crippen LogP contribution in [0, 0.1) is 17.8 Å². The Morgan fingerprint density at radius 3 is 2.57 bits per heavy atom. The largest absolute Gasteiger partial charge is 0.497 e. The lowest BCUT2D eigenvalue weighted by atomic mass is 9.70. The summed E-state index contributed by atoms with van der Waals surface area (Å²) in [5, 5.41) is 10.3. The van der Waals surface area contributed by atoms with E-state index in [9.17, 15) is 19.5 Å². The zero-order valence-electron chi connectivity index (χ0n) is 21.6. The van der Waals surface area contributed by atoms with Crippen LogP contribution in [0.2, 0.25) is 0 Å². The van der Waals surface area contributed by atoms with E-state index >= 15 is 0 Å². The molecule has 0 radical (unpaired) electrons. The molecule has 1 aromatic carbocycles. The maximum Gasteiger partial charge on any atom is 0.312 e. The Kier molecular flexibility index (Phi) is 8.02. The highest BCUT2D eigenvalue weighted by Crippen LogP contribution is 2.61. The van der Waals surface area contributed by atoms with Crippen LogP contribution in [0.3, 0.4) is 0 Å². The number of rotatable bonds is 10. The number of amides is 2. The van der Waals surface area contributed by atoms with Gasteiger partial charge in [-0.3, -0.25) is 14.4 Å². The van der Waals surface area contributed by atoms with Crippen LogP contribution in [0.25, 0.3) is 0 Å². The van der Waals surface area contributed by atoms with Crippen molar-refractivity contribution in [1.29, 1.82) is 0 Å². The van der Waals surface area contributed by atoms with Crippen molar-refractivity contribution >= 4 is 39.4 Å². The van der Waals surface area contributed by atoms with Gasteiger partial charge in [-0.05, 0) is 43.5 Å². The van der Waals surface area contributed by atoms with E-state index in [1.807, 2.05) is 13.8 Å². The summed E-state index contributed by atoms with van der Waals surface area (Å²) in [6.45, 7) is 9.35. The summed E-state index contributed by atoms with van der Waals surface area (Å²) in [5.41, 5.74) is -0.633. The van der Waals surface area contributed by atoms with Gasteiger partial charge in [0.1, 0.15) is 17.4 Å². The van der Waals surface area contributed by atoms with Gasteiger partial charge in [0.05, 0.1) is 44.3 Å². The highest BCUT2D eigenvalue weighted by Gasteiger charge is 2.77. The van der Waals surface area contributed by atoms with Crippen molar-refractivity contribution in [3.63, 3.8) is 0 Å². The SMILES string of the molecule is C=CCN(C(=O)C1N([C@@H](CO)C(C)C)C(=O)[C@@H]2[C@H](C(=O)OCC)[C@H]3OC12CC3Br)c1ccc(OC)cc1. The molecular formula is C27H35BrN2O7. The number of methoxy groups -OCH3 is 1. The Morgan fingerprint density at radius 1 is 1.35 bits per heavy atom. The molecule has 9 nitrogen and oxygen atoms in total. The third-order valence-electron chi connectivity index (χ3n) is 7.80. The predicted octanol–water partition coefficient (Wildman–Crippen LogP) is 2.54. The van der Waals surface area contributed by atoms with E-state index in [0.29, 0.717) is 17.9 Å². The van der Waals surface area contributed by atoms with Crippen molar-refractivity contribution in [1.82, 2.24) is 4.90 Å². The molecule has 10 heteroatoms. The standard InChI is InChI=1S/C27H35BrN2O7/c1-6-12-29(16-8-10-17(35-5)11-9-16)25(33)23-27-13-18(28)22(37-27)20(26(34)36-7-2)21(27)24(32)30(23)19(14-31)15(3)4/h6,8-11,15,18-23,31H,1,7,12-14H2,2-5H3/t18?,19-,20-,21-,22-,23?,27?/m0/s1. The first-order valence-electron chi connectivity index (χ1n) is 12.6. The first-order chi connectivity index (χ1) is 17.7. The zero-order valence-corrected chi connectivity index (χ0v) is 23.2. The van der Waals surface area contributed by atoms with Gasteiger partial charge in [0, 0.05) is 17.1 Å². The van der Waals surface area contributed by atoms with Crippen molar-refractivity contribution in [3.05, 3.63) is 36.9 Å². The zero-order chi connectivity index (χ0) is 27.1. The third kappa shape index (κ3) is 4.36. The third-order valence-corrected chi connectivity index (χ3v) is 8.64.